The van der Waals surface area contributed by atoms with Crippen molar-refractivity contribution in [1.82, 2.24) is 9.55 Å². The Morgan fingerprint density at radius 2 is 2.00 bits per heavy atom. The van der Waals surface area contributed by atoms with E-state index < -0.39 is 43.2 Å². The van der Waals surface area contributed by atoms with Crippen LogP contribution in [0.2, 0.25) is 0 Å². The van der Waals surface area contributed by atoms with Gasteiger partial charge in [0.15, 0.2) is 6.23 Å². The quantitative estimate of drug-likeness (QED) is 0.655. The molecule has 0 saturated carbocycles. The third-order valence-corrected chi connectivity index (χ3v) is 6.16. The van der Waals surface area contributed by atoms with Crippen molar-refractivity contribution in [3.8, 4) is 0 Å². The van der Waals surface area contributed by atoms with Crippen LogP contribution >= 0.6 is 7.82 Å². The predicted molar refractivity (Wildman–Crippen MR) is 110 cm³/mol. The second kappa shape index (κ2) is 7.39. The third-order valence-electron chi connectivity index (χ3n) is 4.89. The Morgan fingerprint density at radius 3 is 2.57 bits per heavy atom. The van der Waals surface area contributed by atoms with Crippen molar-refractivity contribution in [3.05, 3.63) is 22.2 Å². The van der Waals surface area contributed by atoms with Crippen LogP contribution in [0.1, 0.15) is 59.8 Å². The molecule has 0 spiro atoms. The Morgan fingerprint density at radius 1 is 1.37 bits per heavy atom. The fourth-order valence-electron chi connectivity index (χ4n) is 4.08. The first-order valence-electron chi connectivity index (χ1n) is 9.89. The van der Waals surface area contributed by atoms with Gasteiger partial charge in [0.2, 0.25) is 0 Å². The first kappa shape index (κ1) is 23.4. The summed E-state index contributed by atoms with van der Waals surface area (Å²) in [6.45, 7) is 12.9. The van der Waals surface area contributed by atoms with Gasteiger partial charge in [-0.3, -0.25) is 13.6 Å². The molecular weight excluding hydrogens is 413 g/mol. The lowest BCUT2D eigenvalue weighted by Gasteiger charge is -2.37. The normalized spacial score (nSPS) is 31.1. The zero-order valence-electron chi connectivity index (χ0n) is 18.5. The molecule has 2 fully saturated rings. The fraction of sp³-hybridized carbons (Fsp3) is 0.789. The van der Waals surface area contributed by atoms with Gasteiger partial charge in [0.1, 0.15) is 23.6 Å². The van der Waals surface area contributed by atoms with Crippen molar-refractivity contribution < 1.29 is 28.0 Å². The molecule has 11 heteroatoms. The van der Waals surface area contributed by atoms with Crippen LogP contribution in [0.5, 0.6) is 0 Å². The van der Waals surface area contributed by atoms with Gasteiger partial charge in [-0.2, -0.15) is 4.98 Å². The summed E-state index contributed by atoms with van der Waals surface area (Å²) >= 11 is 0. The van der Waals surface area contributed by atoms with Crippen molar-refractivity contribution in [2.24, 2.45) is 5.41 Å². The first-order chi connectivity index (χ1) is 13.5. The minimum atomic E-state index is -4.44. The van der Waals surface area contributed by atoms with E-state index in [2.05, 4.69) is 4.98 Å². The third kappa shape index (κ3) is 4.79. The van der Waals surface area contributed by atoms with Crippen LogP contribution in [-0.2, 0) is 23.1 Å². The number of fused-ring (bicyclic) bond motifs is 2. The van der Waals surface area contributed by atoms with E-state index in [0.29, 0.717) is 12.0 Å². The van der Waals surface area contributed by atoms with Crippen LogP contribution in [0.15, 0.2) is 11.0 Å². The van der Waals surface area contributed by atoms with E-state index in [0.717, 1.165) is 0 Å². The van der Waals surface area contributed by atoms with Crippen LogP contribution in [0, 0.1) is 12.3 Å². The van der Waals surface area contributed by atoms with Gasteiger partial charge in [0.05, 0.1) is 12.2 Å². The van der Waals surface area contributed by atoms with Crippen LogP contribution in [0.4, 0.5) is 5.82 Å². The number of rotatable bonds is 5. The summed E-state index contributed by atoms with van der Waals surface area (Å²) in [7, 11) is -4.44. The van der Waals surface area contributed by atoms with Crippen LogP contribution in [0.3, 0.4) is 0 Å². The van der Waals surface area contributed by atoms with Gasteiger partial charge in [-0.05, 0) is 39.5 Å². The first-order valence-corrected chi connectivity index (χ1v) is 11.4. The van der Waals surface area contributed by atoms with Gasteiger partial charge in [-0.1, -0.05) is 20.8 Å². The van der Waals surface area contributed by atoms with E-state index in [1.165, 1.54) is 4.57 Å². The molecule has 170 valence electrons. The van der Waals surface area contributed by atoms with Crippen molar-refractivity contribution in [2.45, 2.75) is 84.5 Å². The molecule has 2 aliphatic heterocycles. The maximum Gasteiger partial charge on any atom is 0.473 e. The van der Waals surface area contributed by atoms with Crippen molar-refractivity contribution in [2.75, 3.05) is 12.3 Å². The van der Waals surface area contributed by atoms with Gasteiger partial charge in [-0.15, -0.1) is 0 Å². The molecule has 3 N–H and O–H groups in total. The molecule has 3 unspecified atom stereocenters. The number of aryl methyl sites for hydroxylation is 1. The largest absolute Gasteiger partial charge is 0.473 e. The smallest absolute Gasteiger partial charge is 0.383 e. The average Bonchev–Trinajstić information content (AvgIpc) is 2.96. The van der Waals surface area contributed by atoms with E-state index in [-0.39, 0.29) is 17.8 Å². The summed E-state index contributed by atoms with van der Waals surface area (Å²) < 4.78 is 37.2. The number of phosphoric ester groups is 1. The minimum absolute atomic E-state index is 0.135. The van der Waals surface area contributed by atoms with Gasteiger partial charge in [0.25, 0.3) is 0 Å². The average molecular weight is 445 g/mol. The second-order valence-corrected chi connectivity index (χ2v) is 11.6. The lowest BCUT2D eigenvalue weighted by molar-refractivity contribution is -0.184. The van der Waals surface area contributed by atoms with Crippen LogP contribution in [0.25, 0.3) is 0 Å². The molecule has 2 saturated heterocycles. The standard InChI is InChI=1S/C19H32N3O7P/c1-11-8-22(16(23)21-14(11)20)15-12-13(28-30(24,25)29-18(5,6)7)19(27-15,10-26-12)9-17(2,3)4/h8,12-13,15H,9-10H2,1-7H3,(H,24,25)(H2,20,21,23)/t12?,13?,15-,19+/m1/s1. The van der Waals surface area contributed by atoms with E-state index in [1.807, 2.05) is 20.8 Å². The summed E-state index contributed by atoms with van der Waals surface area (Å²) in [5, 5.41) is 0. The Kier molecular flexibility index (Phi) is 5.76. The lowest BCUT2D eigenvalue weighted by atomic mass is 9.80. The molecule has 0 radical (unpaired) electrons. The lowest BCUT2D eigenvalue weighted by Crippen LogP contribution is -2.45. The summed E-state index contributed by atoms with van der Waals surface area (Å²) in [6.07, 6.45) is -0.557. The Labute approximate surface area is 176 Å². The highest BCUT2D eigenvalue weighted by molar-refractivity contribution is 7.47. The Balaban J connectivity index is 2.00. The molecule has 0 aromatic carbocycles. The number of anilines is 1. The summed E-state index contributed by atoms with van der Waals surface area (Å²) in [4.78, 5) is 26.7. The number of nitrogens with two attached hydrogens (primary N) is 1. The number of nitrogen functional groups attached to an aromatic ring is 1. The number of aromatic nitrogens is 2. The maximum atomic E-state index is 12.7. The highest BCUT2D eigenvalue weighted by Gasteiger charge is 2.65. The van der Waals surface area contributed by atoms with Crippen molar-refractivity contribution in [3.63, 3.8) is 0 Å². The molecule has 5 atom stereocenters. The summed E-state index contributed by atoms with van der Waals surface area (Å²) in [6, 6.07) is 0. The monoisotopic (exact) mass is 445 g/mol. The topological polar surface area (TPSA) is 135 Å². The van der Waals surface area contributed by atoms with E-state index in [4.69, 9.17) is 24.3 Å². The number of hydrogen-bond acceptors (Lipinski definition) is 8. The molecule has 1 aromatic rings. The van der Waals surface area contributed by atoms with Gasteiger partial charge >= 0.3 is 13.5 Å². The molecule has 10 nitrogen and oxygen atoms in total. The highest BCUT2D eigenvalue weighted by atomic mass is 31.2. The van der Waals surface area contributed by atoms with Gasteiger partial charge in [0, 0.05) is 11.8 Å². The van der Waals surface area contributed by atoms with Gasteiger partial charge < -0.3 is 20.1 Å². The van der Waals surface area contributed by atoms with Crippen molar-refractivity contribution in [1.29, 1.82) is 0 Å². The molecule has 3 rings (SSSR count). The zero-order valence-corrected chi connectivity index (χ0v) is 19.4. The maximum absolute atomic E-state index is 12.7. The molecular formula is C19H32N3O7P. The molecule has 30 heavy (non-hydrogen) atoms. The predicted octanol–water partition coefficient (Wildman–Crippen LogP) is 2.54. The van der Waals surface area contributed by atoms with E-state index >= 15 is 0 Å². The van der Waals surface area contributed by atoms with Crippen LogP contribution < -0.4 is 11.4 Å². The molecule has 0 amide bonds. The van der Waals surface area contributed by atoms with E-state index in [1.54, 1.807) is 33.9 Å². The number of phosphoric acid groups is 1. The molecule has 0 aliphatic carbocycles. The number of hydrogen-bond donors (Lipinski definition) is 2. The second-order valence-electron chi connectivity index (χ2n) is 10.3. The van der Waals surface area contributed by atoms with E-state index in [9.17, 15) is 14.3 Å². The number of ether oxygens (including phenoxy) is 2. The van der Waals surface area contributed by atoms with Gasteiger partial charge in [-0.25, -0.2) is 9.36 Å². The van der Waals surface area contributed by atoms with Crippen molar-refractivity contribution >= 4 is 13.6 Å². The Hall–Kier alpha value is -1.29. The number of nitrogens with zero attached hydrogens (tertiary/aromatic N) is 2. The summed E-state index contributed by atoms with van der Waals surface area (Å²) in [5.74, 6) is 0.135. The molecule has 2 aliphatic rings. The molecule has 3 heterocycles. The fourth-order valence-corrected chi connectivity index (χ4v) is 5.42. The molecule has 2 bridgehead atoms. The summed E-state index contributed by atoms with van der Waals surface area (Å²) in [5.41, 5.74) is 3.62. The molecule has 1 aromatic heterocycles. The zero-order chi connectivity index (χ0) is 22.7. The minimum Gasteiger partial charge on any atom is -0.383 e. The highest BCUT2D eigenvalue weighted by Crippen LogP contribution is 2.58. The Bertz CT molecular complexity index is 920. The SMILES string of the molecule is Cc1cn([C@@H]2O[C@@]3(CC(C)(C)C)COC2C3OP(=O)(O)OC(C)(C)C)c(=O)nc1N. The van der Waals surface area contributed by atoms with Crippen LogP contribution in [-0.4, -0.2) is 44.5 Å².